The fourth-order valence-electron chi connectivity index (χ4n) is 3.01. The Balaban J connectivity index is 1.63. The zero-order valence-corrected chi connectivity index (χ0v) is 15.8. The number of para-hydroxylation sites is 2. The van der Waals surface area contributed by atoms with Crippen LogP contribution in [-0.4, -0.2) is 19.6 Å². The molecule has 132 valence electrons. The highest BCUT2D eigenvalue weighted by molar-refractivity contribution is 9.10. The van der Waals surface area contributed by atoms with E-state index in [4.69, 9.17) is 9.47 Å². The van der Waals surface area contributed by atoms with Crippen LogP contribution in [0, 0.1) is 5.92 Å². The van der Waals surface area contributed by atoms with Crippen molar-refractivity contribution >= 4 is 21.8 Å². The third-order valence-corrected chi connectivity index (χ3v) is 5.12. The summed E-state index contributed by atoms with van der Waals surface area (Å²) in [6.45, 7) is -0.0277. The van der Waals surface area contributed by atoms with E-state index in [0.717, 1.165) is 22.9 Å². The van der Waals surface area contributed by atoms with Crippen LogP contribution in [0.4, 0.5) is 0 Å². The molecule has 0 aromatic heterocycles. The van der Waals surface area contributed by atoms with Gasteiger partial charge in [-0.3, -0.25) is 4.79 Å². The average Bonchev–Trinajstić information content (AvgIpc) is 2.59. The van der Waals surface area contributed by atoms with Gasteiger partial charge in [-0.1, -0.05) is 46.6 Å². The molecule has 0 spiro atoms. The number of benzene rings is 2. The Morgan fingerprint density at radius 1 is 1.16 bits per heavy atom. The van der Waals surface area contributed by atoms with Crippen molar-refractivity contribution in [2.75, 3.05) is 13.7 Å². The minimum absolute atomic E-state index is 0.0277. The van der Waals surface area contributed by atoms with Gasteiger partial charge >= 0.3 is 0 Å². The Kier molecular flexibility index (Phi) is 5.97. The van der Waals surface area contributed by atoms with E-state index in [1.165, 1.54) is 6.42 Å². The van der Waals surface area contributed by atoms with Crippen LogP contribution in [0.2, 0.25) is 0 Å². The Labute approximate surface area is 156 Å². The smallest absolute Gasteiger partial charge is 0.258 e. The molecule has 2 aromatic rings. The second-order valence-corrected chi connectivity index (χ2v) is 7.14. The van der Waals surface area contributed by atoms with Gasteiger partial charge in [0.2, 0.25) is 0 Å². The molecule has 1 saturated carbocycles. The molecule has 3 rings (SSSR count). The molecule has 0 saturated heterocycles. The lowest BCUT2D eigenvalue weighted by molar-refractivity contribution is -0.124. The Hall–Kier alpha value is -2.01. The Bertz CT molecular complexity index is 713. The van der Waals surface area contributed by atoms with Crippen LogP contribution in [0.25, 0.3) is 0 Å². The van der Waals surface area contributed by atoms with E-state index in [1.807, 2.05) is 30.3 Å². The molecule has 2 aromatic carbocycles. The van der Waals surface area contributed by atoms with Gasteiger partial charge in [0.15, 0.2) is 18.1 Å². The minimum Gasteiger partial charge on any atom is -0.493 e. The van der Waals surface area contributed by atoms with Gasteiger partial charge in [-0.15, -0.1) is 0 Å². The molecule has 1 amide bonds. The van der Waals surface area contributed by atoms with E-state index >= 15 is 0 Å². The maximum Gasteiger partial charge on any atom is 0.258 e. The molecule has 1 N–H and O–H groups in total. The van der Waals surface area contributed by atoms with E-state index in [0.29, 0.717) is 17.4 Å². The molecule has 0 radical (unpaired) electrons. The number of nitrogens with one attached hydrogen (secondary N) is 1. The summed E-state index contributed by atoms with van der Waals surface area (Å²) in [7, 11) is 1.59. The van der Waals surface area contributed by atoms with Crippen molar-refractivity contribution in [3.63, 3.8) is 0 Å². The fraction of sp³-hybridized carbons (Fsp3) is 0.350. The molecule has 0 aliphatic heterocycles. The first kappa shape index (κ1) is 17.8. The Morgan fingerprint density at radius 2 is 1.84 bits per heavy atom. The third-order valence-electron chi connectivity index (χ3n) is 4.59. The largest absolute Gasteiger partial charge is 0.493 e. The van der Waals surface area contributed by atoms with Gasteiger partial charge in [-0.2, -0.15) is 0 Å². The topological polar surface area (TPSA) is 47.6 Å². The number of amides is 1. The van der Waals surface area contributed by atoms with Gasteiger partial charge in [-0.25, -0.2) is 0 Å². The molecule has 25 heavy (non-hydrogen) atoms. The van der Waals surface area contributed by atoms with Gasteiger partial charge in [-0.05, 0) is 48.6 Å². The van der Waals surface area contributed by atoms with Crippen LogP contribution < -0.4 is 14.8 Å². The number of carbonyl (C=O) groups is 1. The van der Waals surface area contributed by atoms with Crippen LogP contribution in [0.5, 0.6) is 11.5 Å². The maximum absolute atomic E-state index is 12.4. The van der Waals surface area contributed by atoms with Gasteiger partial charge < -0.3 is 14.8 Å². The normalized spacial score (nSPS) is 15.1. The lowest BCUT2D eigenvalue weighted by Crippen LogP contribution is -2.38. The number of ether oxygens (including phenoxy) is 2. The number of carbonyl (C=O) groups excluding carboxylic acids is 1. The van der Waals surface area contributed by atoms with Crippen molar-refractivity contribution in [1.29, 1.82) is 0 Å². The predicted molar refractivity (Wildman–Crippen MR) is 101 cm³/mol. The minimum atomic E-state index is -0.120. The van der Waals surface area contributed by atoms with E-state index in [-0.39, 0.29) is 18.6 Å². The van der Waals surface area contributed by atoms with Crippen LogP contribution in [0.15, 0.2) is 53.0 Å². The van der Waals surface area contributed by atoms with Gasteiger partial charge in [0, 0.05) is 4.47 Å². The van der Waals surface area contributed by atoms with Gasteiger partial charge in [0.05, 0.1) is 13.2 Å². The molecular weight excluding hydrogens is 382 g/mol. The summed E-state index contributed by atoms with van der Waals surface area (Å²) < 4.78 is 11.9. The summed E-state index contributed by atoms with van der Waals surface area (Å²) >= 11 is 3.46. The monoisotopic (exact) mass is 403 g/mol. The number of halogens is 1. The van der Waals surface area contributed by atoms with Crippen molar-refractivity contribution in [2.24, 2.45) is 5.92 Å². The summed E-state index contributed by atoms with van der Waals surface area (Å²) in [4.78, 5) is 12.4. The fourth-order valence-corrected chi connectivity index (χ4v) is 3.28. The van der Waals surface area contributed by atoms with Crippen molar-refractivity contribution in [2.45, 2.75) is 25.3 Å². The zero-order valence-electron chi connectivity index (χ0n) is 14.2. The highest BCUT2D eigenvalue weighted by atomic mass is 79.9. The van der Waals surface area contributed by atoms with Crippen LogP contribution in [0.1, 0.15) is 30.9 Å². The van der Waals surface area contributed by atoms with Crippen molar-refractivity contribution in [3.8, 4) is 11.5 Å². The van der Waals surface area contributed by atoms with Crippen LogP contribution in [-0.2, 0) is 4.79 Å². The summed E-state index contributed by atoms with van der Waals surface area (Å²) in [5.74, 6) is 1.57. The van der Waals surface area contributed by atoms with Crippen molar-refractivity contribution < 1.29 is 14.3 Å². The standard InChI is InChI=1S/C20H22BrNO3/c1-24-17-7-2-3-8-18(17)25-13-19(23)22-20(14-5-4-6-14)15-9-11-16(21)12-10-15/h2-3,7-12,14,20H,4-6,13H2,1H3,(H,22,23)/t20-/m1/s1. The van der Waals surface area contributed by atoms with E-state index in [2.05, 4.69) is 33.4 Å². The highest BCUT2D eigenvalue weighted by Crippen LogP contribution is 2.38. The first-order valence-electron chi connectivity index (χ1n) is 8.48. The zero-order chi connectivity index (χ0) is 17.6. The average molecular weight is 404 g/mol. The molecule has 0 bridgehead atoms. The third kappa shape index (κ3) is 4.54. The summed E-state index contributed by atoms with van der Waals surface area (Å²) in [5, 5.41) is 3.14. The molecule has 1 aliphatic rings. The number of rotatable bonds is 7. The van der Waals surface area contributed by atoms with E-state index in [1.54, 1.807) is 13.2 Å². The highest BCUT2D eigenvalue weighted by Gasteiger charge is 2.29. The number of methoxy groups -OCH3 is 1. The van der Waals surface area contributed by atoms with Gasteiger partial charge in [0.1, 0.15) is 0 Å². The lowest BCUT2D eigenvalue weighted by Gasteiger charge is -2.34. The van der Waals surface area contributed by atoms with Crippen LogP contribution in [0.3, 0.4) is 0 Å². The molecule has 1 fully saturated rings. The molecule has 0 heterocycles. The quantitative estimate of drug-likeness (QED) is 0.740. The molecule has 1 atom stereocenters. The maximum atomic E-state index is 12.4. The van der Waals surface area contributed by atoms with Gasteiger partial charge in [0.25, 0.3) is 5.91 Å². The Morgan fingerprint density at radius 3 is 2.44 bits per heavy atom. The van der Waals surface area contributed by atoms with E-state index < -0.39 is 0 Å². The molecule has 4 nitrogen and oxygen atoms in total. The number of hydrogen-bond acceptors (Lipinski definition) is 3. The first-order valence-corrected chi connectivity index (χ1v) is 9.27. The predicted octanol–water partition coefficient (Wildman–Crippen LogP) is 4.49. The lowest BCUT2D eigenvalue weighted by atomic mass is 9.77. The summed E-state index contributed by atoms with van der Waals surface area (Å²) in [5.41, 5.74) is 1.14. The summed E-state index contributed by atoms with van der Waals surface area (Å²) in [6.07, 6.45) is 3.52. The summed E-state index contributed by atoms with van der Waals surface area (Å²) in [6, 6.07) is 15.5. The van der Waals surface area contributed by atoms with Crippen molar-refractivity contribution in [3.05, 3.63) is 58.6 Å². The van der Waals surface area contributed by atoms with Crippen LogP contribution >= 0.6 is 15.9 Å². The first-order chi connectivity index (χ1) is 12.2. The molecule has 1 aliphatic carbocycles. The molecular formula is C20H22BrNO3. The molecule has 0 unspecified atom stereocenters. The second kappa shape index (κ2) is 8.39. The molecule has 5 heteroatoms. The van der Waals surface area contributed by atoms with E-state index in [9.17, 15) is 4.79 Å². The SMILES string of the molecule is COc1ccccc1OCC(=O)N[C@@H](c1ccc(Br)cc1)C1CCC1. The van der Waals surface area contributed by atoms with Crippen molar-refractivity contribution in [1.82, 2.24) is 5.32 Å². The number of hydrogen-bond donors (Lipinski definition) is 1. The second-order valence-electron chi connectivity index (χ2n) is 6.23.